The van der Waals surface area contributed by atoms with Crippen molar-refractivity contribution in [3.8, 4) is 6.07 Å². The maximum absolute atomic E-state index is 13.3. The molecule has 0 aliphatic heterocycles. The van der Waals surface area contributed by atoms with E-state index in [4.69, 9.17) is 5.26 Å². The van der Waals surface area contributed by atoms with Gasteiger partial charge in [-0.2, -0.15) is 5.26 Å². The Hall–Kier alpha value is -2.22. The molecular weight excluding hydrogens is 231 g/mol. The lowest BCUT2D eigenvalue weighted by Crippen LogP contribution is -2.14. The largest absolute Gasteiger partial charge is 0.337 e. The van der Waals surface area contributed by atoms with Crippen LogP contribution in [0, 0.1) is 17.2 Å². The quantitative estimate of drug-likeness (QED) is 0.763. The summed E-state index contributed by atoms with van der Waals surface area (Å²) in [4.78, 5) is 8.22. The maximum atomic E-state index is 13.3. The van der Waals surface area contributed by atoms with Gasteiger partial charge in [0.25, 0.3) is 0 Å². The molecule has 1 aromatic rings. The smallest absolute Gasteiger partial charge is 0.139 e. The van der Waals surface area contributed by atoms with Crippen LogP contribution in [0.25, 0.3) is 0 Å². The molecule has 0 saturated heterocycles. The van der Waals surface area contributed by atoms with Gasteiger partial charge in [0, 0.05) is 25.5 Å². The van der Waals surface area contributed by atoms with Crippen molar-refractivity contribution in [1.82, 2.24) is 9.55 Å². The molecule has 1 aliphatic rings. The standard InChI is InChI=1S/C13H13FN4/c14-12-3-1-4-13(11(12)9-15)17-5-2-7-18-8-6-16-10-18/h1,3-4,6,8,10-11H,2,5,7H2. The molecule has 92 valence electrons. The first-order valence-corrected chi connectivity index (χ1v) is 5.74. The van der Waals surface area contributed by atoms with Crippen molar-refractivity contribution in [3.05, 3.63) is 42.8 Å². The lowest BCUT2D eigenvalue weighted by atomic mass is 9.99. The summed E-state index contributed by atoms with van der Waals surface area (Å²) in [5.41, 5.74) is 0.503. The van der Waals surface area contributed by atoms with Gasteiger partial charge < -0.3 is 4.57 Å². The van der Waals surface area contributed by atoms with Crippen LogP contribution >= 0.6 is 0 Å². The minimum Gasteiger partial charge on any atom is -0.337 e. The number of rotatable bonds is 4. The third kappa shape index (κ3) is 2.92. The SMILES string of the molecule is N#CC1C(F)=CC=CC1=NCCCn1ccnc1. The van der Waals surface area contributed by atoms with Crippen molar-refractivity contribution >= 4 is 5.71 Å². The molecule has 0 radical (unpaired) electrons. The number of aryl methyl sites for hydroxylation is 1. The second-order valence-electron chi connectivity index (χ2n) is 3.93. The third-order valence-electron chi connectivity index (χ3n) is 2.65. The highest BCUT2D eigenvalue weighted by atomic mass is 19.1. The average Bonchev–Trinajstić information content (AvgIpc) is 2.88. The van der Waals surface area contributed by atoms with Gasteiger partial charge in [-0.05, 0) is 18.6 Å². The zero-order chi connectivity index (χ0) is 12.8. The van der Waals surface area contributed by atoms with Gasteiger partial charge in [0.15, 0.2) is 0 Å². The molecule has 2 rings (SSSR count). The summed E-state index contributed by atoms with van der Waals surface area (Å²) in [7, 11) is 0. The highest BCUT2D eigenvalue weighted by molar-refractivity contribution is 6.01. The predicted octanol–water partition coefficient (Wildman–Crippen LogP) is 2.28. The second kappa shape index (κ2) is 5.92. The first-order chi connectivity index (χ1) is 8.81. The zero-order valence-electron chi connectivity index (χ0n) is 9.83. The topological polar surface area (TPSA) is 54.0 Å². The van der Waals surface area contributed by atoms with Gasteiger partial charge in [-0.3, -0.25) is 4.99 Å². The van der Waals surface area contributed by atoms with E-state index in [0.717, 1.165) is 13.0 Å². The number of imidazole rings is 1. The Morgan fingerprint density at radius 3 is 3.17 bits per heavy atom. The van der Waals surface area contributed by atoms with Crippen molar-refractivity contribution in [1.29, 1.82) is 5.26 Å². The van der Waals surface area contributed by atoms with Crippen LogP contribution in [-0.2, 0) is 6.54 Å². The molecule has 1 heterocycles. The molecule has 0 fully saturated rings. The van der Waals surface area contributed by atoms with E-state index in [0.29, 0.717) is 12.3 Å². The van der Waals surface area contributed by atoms with Gasteiger partial charge in [0.05, 0.1) is 18.1 Å². The van der Waals surface area contributed by atoms with Crippen LogP contribution in [0.3, 0.4) is 0 Å². The van der Waals surface area contributed by atoms with Crippen LogP contribution in [0.2, 0.25) is 0 Å². The number of nitrogens with zero attached hydrogens (tertiary/aromatic N) is 4. The van der Waals surface area contributed by atoms with E-state index in [1.807, 2.05) is 16.8 Å². The Kier molecular flexibility index (Phi) is 4.02. The molecular formula is C13H13FN4. The lowest BCUT2D eigenvalue weighted by molar-refractivity contribution is 0.585. The van der Waals surface area contributed by atoms with Gasteiger partial charge in [-0.15, -0.1) is 0 Å². The number of aromatic nitrogens is 2. The second-order valence-corrected chi connectivity index (χ2v) is 3.93. The van der Waals surface area contributed by atoms with E-state index in [1.54, 1.807) is 24.7 Å². The molecule has 0 saturated carbocycles. The normalized spacial score (nSPS) is 20.8. The summed E-state index contributed by atoms with van der Waals surface area (Å²) < 4.78 is 15.3. The minimum absolute atomic E-state index is 0.437. The summed E-state index contributed by atoms with van der Waals surface area (Å²) in [6, 6.07) is 1.92. The minimum atomic E-state index is -0.844. The summed E-state index contributed by atoms with van der Waals surface area (Å²) >= 11 is 0. The van der Waals surface area contributed by atoms with E-state index in [1.165, 1.54) is 6.08 Å². The average molecular weight is 244 g/mol. The predicted molar refractivity (Wildman–Crippen MR) is 66.6 cm³/mol. The Morgan fingerprint density at radius 2 is 2.44 bits per heavy atom. The number of aliphatic imine (C=N–C) groups is 1. The van der Waals surface area contributed by atoms with Crippen molar-refractivity contribution in [2.75, 3.05) is 6.54 Å². The van der Waals surface area contributed by atoms with Crippen molar-refractivity contribution in [2.24, 2.45) is 10.9 Å². The lowest BCUT2D eigenvalue weighted by Gasteiger charge is -2.10. The fourth-order valence-corrected chi connectivity index (χ4v) is 1.72. The number of hydrogen-bond donors (Lipinski definition) is 0. The number of hydrogen-bond acceptors (Lipinski definition) is 3. The molecule has 1 aromatic heterocycles. The van der Waals surface area contributed by atoms with Crippen LogP contribution < -0.4 is 0 Å². The monoisotopic (exact) mass is 244 g/mol. The molecule has 1 atom stereocenters. The van der Waals surface area contributed by atoms with Crippen LogP contribution in [0.5, 0.6) is 0 Å². The van der Waals surface area contributed by atoms with Gasteiger partial charge >= 0.3 is 0 Å². The Morgan fingerprint density at radius 1 is 1.56 bits per heavy atom. The van der Waals surface area contributed by atoms with Gasteiger partial charge in [0.1, 0.15) is 11.7 Å². The summed E-state index contributed by atoms with van der Waals surface area (Å²) in [6.07, 6.45) is 10.8. The Balaban J connectivity index is 1.88. The summed E-state index contributed by atoms with van der Waals surface area (Å²) in [5, 5.41) is 8.88. The molecule has 0 bridgehead atoms. The molecule has 0 N–H and O–H groups in total. The van der Waals surface area contributed by atoms with E-state index >= 15 is 0 Å². The van der Waals surface area contributed by atoms with Crippen molar-refractivity contribution in [3.63, 3.8) is 0 Å². The first kappa shape index (κ1) is 12.2. The van der Waals surface area contributed by atoms with Crippen LogP contribution in [-0.4, -0.2) is 21.8 Å². The number of nitriles is 1. The van der Waals surface area contributed by atoms with E-state index in [9.17, 15) is 4.39 Å². The number of halogens is 1. The summed E-state index contributed by atoms with van der Waals surface area (Å²) in [6.45, 7) is 1.39. The van der Waals surface area contributed by atoms with Crippen LogP contribution in [0.15, 0.2) is 47.8 Å². The highest BCUT2D eigenvalue weighted by Crippen LogP contribution is 2.19. The van der Waals surface area contributed by atoms with Crippen molar-refractivity contribution in [2.45, 2.75) is 13.0 Å². The third-order valence-corrected chi connectivity index (χ3v) is 2.65. The van der Waals surface area contributed by atoms with Crippen LogP contribution in [0.4, 0.5) is 4.39 Å². The summed E-state index contributed by atoms with van der Waals surface area (Å²) in [5.74, 6) is -1.28. The zero-order valence-corrected chi connectivity index (χ0v) is 9.83. The maximum Gasteiger partial charge on any atom is 0.139 e. The molecule has 0 amide bonds. The molecule has 1 aliphatic carbocycles. The first-order valence-electron chi connectivity index (χ1n) is 5.74. The van der Waals surface area contributed by atoms with Gasteiger partial charge in [-0.1, -0.05) is 6.08 Å². The Labute approximate surface area is 105 Å². The fourth-order valence-electron chi connectivity index (χ4n) is 1.72. The van der Waals surface area contributed by atoms with Crippen molar-refractivity contribution < 1.29 is 4.39 Å². The number of allylic oxidation sites excluding steroid dienone is 4. The van der Waals surface area contributed by atoms with E-state index < -0.39 is 11.7 Å². The molecule has 18 heavy (non-hydrogen) atoms. The van der Waals surface area contributed by atoms with Crippen LogP contribution in [0.1, 0.15) is 6.42 Å². The molecule has 4 nitrogen and oxygen atoms in total. The fraction of sp³-hybridized carbons (Fsp3) is 0.308. The molecule has 5 heteroatoms. The molecule has 0 aromatic carbocycles. The molecule has 1 unspecified atom stereocenters. The highest BCUT2D eigenvalue weighted by Gasteiger charge is 2.20. The Bertz CT molecular complexity index is 520. The van der Waals surface area contributed by atoms with E-state index in [-0.39, 0.29) is 0 Å². The van der Waals surface area contributed by atoms with Gasteiger partial charge in [0.2, 0.25) is 0 Å². The van der Waals surface area contributed by atoms with Gasteiger partial charge in [-0.25, -0.2) is 9.37 Å². The van der Waals surface area contributed by atoms with E-state index in [2.05, 4.69) is 9.98 Å². The molecule has 0 spiro atoms.